The summed E-state index contributed by atoms with van der Waals surface area (Å²) >= 11 is 12.0. The zero-order valence-corrected chi connectivity index (χ0v) is 14.6. The van der Waals surface area contributed by atoms with E-state index in [-0.39, 0.29) is 6.61 Å². The lowest BCUT2D eigenvalue weighted by Gasteiger charge is -2.11. The molecule has 0 aliphatic rings. The summed E-state index contributed by atoms with van der Waals surface area (Å²) in [6.07, 6.45) is 0. The van der Waals surface area contributed by atoms with Gasteiger partial charge in [-0.2, -0.15) is 0 Å². The number of hydrogen-bond acceptors (Lipinski definition) is 5. The maximum atomic E-state index is 11.2. The van der Waals surface area contributed by atoms with Gasteiger partial charge < -0.3 is 14.5 Å². The van der Waals surface area contributed by atoms with Gasteiger partial charge in [-0.15, -0.1) is 0 Å². The van der Waals surface area contributed by atoms with Crippen LogP contribution >= 0.6 is 23.2 Å². The summed E-state index contributed by atoms with van der Waals surface area (Å²) in [5.41, 5.74) is 4.23. The number of halogens is 2. The molecule has 1 amide bonds. The van der Waals surface area contributed by atoms with Crippen LogP contribution in [-0.4, -0.2) is 29.6 Å². The van der Waals surface area contributed by atoms with Gasteiger partial charge in [-0.25, -0.2) is 10.8 Å². The normalized spacial score (nSPS) is 10.7. The second-order valence-corrected chi connectivity index (χ2v) is 5.91. The van der Waals surface area contributed by atoms with Gasteiger partial charge in [0.2, 0.25) is 0 Å². The number of nitrogens with one attached hydrogen (secondary N) is 2. The van der Waals surface area contributed by atoms with Gasteiger partial charge in [-0.3, -0.25) is 10.2 Å². The number of aromatic amines is 1. The first kappa shape index (κ1) is 17.3. The Bertz CT molecular complexity index is 904. The van der Waals surface area contributed by atoms with E-state index in [1.54, 1.807) is 30.3 Å². The van der Waals surface area contributed by atoms with Gasteiger partial charge in [0.15, 0.2) is 18.1 Å². The first-order chi connectivity index (χ1) is 12.0. The lowest BCUT2D eigenvalue weighted by molar-refractivity contribution is -0.123. The number of H-pyrrole nitrogens is 1. The quantitative estimate of drug-likeness (QED) is 0.358. The molecule has 3 rings (SSSR count). The van der Waals surface area contributed by atoms with Crippen molar-refractivity contribution in [2.75, 3.05) is 13.7 Å². The van der Waals surface area contributed by atoms with E-state index < -0.39 is 5.91 Å². The van der Waals surface area contributed by atoms with Crippen LogP contribution in [0.3, 0.4) is 0 Å². The number of methoxy groups -OCH3 is 1. The highest BCUT2D eigenvalue weighted by atomic mass is 35.5. The number of carbonyl (C=O) groups excluding carboxylic acids is 1. The molecule has 0 unspecified atom stereocenters. The van der Waals surface area contributed by atoms with E-state index in [0.29, 0.717) is 32.9 Å². The van der Waals surface area contributed by atoms with Crippen molar-refractivity contribution in [3.63, 3.8) is 0 Å². The molecule has 0 aliphatic carbocycles. The molecule has 1 heterocycles. The number of nitrogens with zero attached hydrogens (tertiary/aromatic N) is 1. The summed E-state index contributed by atoms with van der Waals surface area (Å²) in [7, 11) is 1.51. The van der Waals surface area contributed by atoms with Crippen LogP contribution < -0.4 is 20.7 Å². The van der Waals surface area contributed by atoms with Gasteiger partial charge in [0.25, 0.3) is 5.91 Å². The molecule has 4 N–H and O–H groups in total. The molecule has 0 bridgehead atoms. The maximum absolute atomic E-state index is 11.2. The number of aromatic nitrogens is 2. The lowest BCUT2D eigenvalue weighted by Crippen LogP contribution is -2.34. The predicted octanol–water partition coefficient (Wildman–Crippen LogP) is 2.91. The molecule has 0 aliphatic heterocycles. The van der Waals surface area contributed by atoms with Crippen molar-refractivity contribution in [2.24, 2.45) is 5.84 Å². The third kappa shape index (κ3) is 3.63. The second kappa shape index (κ2) is 7.18. The minimum Gasteiger partial charge on any atom is -0.493 e. The van der Waals surface area contributed by atoms with Gasteiger partial charge >= 0.3 is 0 Å². The number of benzene rings is 2. The summed E-state index contributed by atoms with van der Waals surface area (Å²) in [5.74, 6) is 6.07. The Morgan fingerprint density at radius 1 is 1.24 bits per heavy atom. The SMILES string of the molecule is COc1cc(-c2nc3cc(Cl)c(Cl)cc3[nH]2)ccc1OCC(=O)NN. The number of hydrogen-bond donors (Lipinski definition) is 3. The molecular weight excluding hydrogens is 367 g/mol. The van der Waals surface area contributed by atoms with Crippen LogP contribution in [0, 0.1) is 0 Å². The first-order valence-corrected chi connectivity index (χ1v) is 7.93. The zero-order valence-electron chi connectivity index (χ0n) is 13.1. The molecule has 2 aromatic carbocycles. The van der Waals surface area contributed by atoms with Crippen molar-refractivity contribution in [3.05, 3.63) is 40.4 Å². The van der Waals surface area contributed by atoms with E-state index >= 15 is 0 Å². The minimum atomic E-state index is -0.447. The average Bonchev–Trinajstić information content (AvgIpc) is 3.02. The molecule has 0 fully saturated rings. The molecule has 0 atom stereocenters. The van der Waals surface area contributed by atoms with Gasteiger partial charge in [-0.05, 0) is 30.3 Å². The highest BCUT2D eigenvalue weighted by Gasteiger charge is 2.12. The highest BCUT2D eigenvalue weighted by molar-refractivity contribution is 6.42. The molecule has 25 heavy (non-hydrogen) atoms. The molecule has 0 radical (unpaired) electrons. The number of fused-ring (bicyclic) bond motifs is 1. The van der Waals surface area contributed by atoms with Crippen molar-refractivity contribution in [2.45, 2.75) is 0 Å². The van der Waals surface area contributed by atoms with E-state index in [1.807, 2.05) is 5.43 Å². The third-order valence-electron chi connectivity index (χ3n) is 3.48. The third-order valence-corrected chi connectivity index (χ3v) is 4.20. The van der Waals surface area contributed by atoms with Crippen molar-refractivity contribution < 1.29 is 14.3 Å². The maximum Gasteiger partial charge on any atom is 0.271 e. The molecule has 7 nitrogen and oxygen atoms in total. The monoisotopic (exact) mass is 380 g/mol. The van der Waals surface area contributed by atoms with Crippen LogP contribution in [0.1, 0.15) is 0 Å². The van der Waals surface area contributed by atoms with Crippen LogP contribution in [0.2, 0.25) is 10.0 Å². The predicted molar refractivity (Wildman–Crippen MR) is 95.9 cm³/mol. The van der Waals surface area contributed by atoms with E-state index in [1.165, 1.54) is 7.11 Å². The van der Waals surface area contributed by atoms with Crippen LogP contribution in [0.15, 0.2) is 30.3 Å². The summed E-state index contributed by atoms with van der Waals surface area (Å²) in [6, 6.07) is 8.64. The highest BCUT2D eigenvalue weighted by Crippen LogP contribution is 2.33. The van der Waals surface area contributed by atoms with Crippen LogP contribution in [0.4, 0.5) is 0 Å². The van der Waals surface area contributed by atoms with Crippen molar-refractivity contribution in [1.29, 1.82) is 0 Å². The number of nitrogens with two attached hydrogens (primary N) is 1. The average molecular weight is 381 g/mol. The Hall–Kier alpha value is -2.48. The standard InChI is InChI=1S/C16H14Cl2N4O3/c1-24-14-4-8(2-3-13(14)25-7-15(23)22-19)16-20-11-5-9(17)10(18)6-12(11)21-16/h2-6H,7,19H2,1H3,(H,20,21)(H,22,23). The van der Waals surface area contributed by atoms with Crippen molar-refractivity contribution in [1.82, 2.24) is 15.4 Å². The number of ether oxygens (including phenoxy) is 2. The molecule has 3 aromatic rings. The van der Waals surface area contributed by atoms with E-state index in [2.05, 4.69) is 9.97 Å². The second-order valence-electron chi connectivity index (χ2n) is 5.09. The van der Waals surface area contributed by atoms with Gasteiger partial charge in [0, 0.05) is 5.56 Å². The number of hydrazine groups is 1. The van der Waals surface area contributed by atoms with Gasteiger partial charge in [-0.1, -0.05) is 23.2 Å². The first-order valence-electron chi connectivity index (χ1n) is 7.17. The molecule has 1 aromatic heterocycles. The van der Waals surface area contributed by atoms with Crippen LogP contribution in [0.25, 0.3) is 22.4 Å². The Labute approximate surface area is 153 Å². The van der Waals surface area contributed by atoms with Crippen LogP contribution in [-0.2, 0) is 4.79 Å². The Morgan fingerprint density at radius 2 is 2.00 bits per heavy atom. The van der Waals surface area contributed by atoms with Crippen molar-refractivity contribution in [3.8, 4) is 22.9 Å². The smallest absolute Gasteiger partial charge is 0.271 e. The fraction of sp³-hybridized carbons (Fsp3) is 0.125. The molecule has 130 valence electrons. The fourth-order valence-corrected chi connectivity index (χ4v) is 2.58. The van der Waals surface area contributed by atoms with E-state index in [0.717, 1.165) is 11.1 Å². The molecule has 9 heteroatoms. The molecule has 0 spiro atoms. The number of carbonyl (C=O) groups is 1. The fourth-order valence-electron chi connectivity index (χ4n) is 2.26. The Balaban J connectivity index is 1.93. The van der Waals surface area contributed by atoms with E-state index in [9.17, 15) is 4.79 Å². The summed E-state index contributed by atoms with van der Waals surface area (Å²) in [5, 5.41) is 0.885. The Morgan fingerprint density at radius 3 is 2.72 bits per heavy atom. The molecular formula is C16H14Cl2N4O3. The summed E-state index contributed by atoms with van der Waals surface area (Å²) in [6.45, 7) is -0.214. The zero-order chi connectivity index (χ0) is 18.0. The van der Waals surface area contributed by atoms with E-state index in [4.69, 9.17) is 38.5 Å². The Kier molecular flexibility index (Phi) is 4.98. The topological polar surface area (TPSA) is 102 Å². The largest absolute Gasteiger partial charge is 0.493 e. The van der Waals surface area contributed by atoms with Gasteiger partial charge in [0.05, 0.1) is 28.2 Å². The molecule has 0 saturated carbocycles. The molecule has 0 saturated heterocycles. The summed E-state index contributed by atoms with van der Waals surface area (Å²) in [4.78, 5) is 18.9. The number of amides is 1. The summed E-state index contributed by atoms with van der Waals surface area (Å²) < 4.78 is 10.7. The minimum absolute atomic E-state index is 0.214. The number of rotatable bonds is 5. The lowest BCUT2D eigenvalue weighted by atomic mass is 10.2. The number of imidazole rings is 1. The van der Waals surface area contributed by atoms with Crippen LogP contribution in [0.5, 0.6) is 11.5 Å². The van der Waals surface area contributed by atoms with Gasteiger partial charge in [0.1, 0.15) is 5.82 Å². The van der Waals surface area contributed by atoms with Crippen molar-refractivity contribution >= 4 is 40.1 Å².